The van der Waals surface area contributed by atoms with Crippen molar-refractivity contribution in [3.8, 4) is 11.1 Å². The number of halogens is 1. The first-order valence-corrected chi connectivity index (χ1v) is 10.7. The molecule has 1 fully saturated rings. The van der Waals surface area contributed by atoms with Gasteiger partial charge in [-0.25, -0.2) is 4.39 Å². The summed E-state index contributed by atoms with van der Waals surface area (Å²) in [7, 11) is 0. The molecule has 1 heterocycles. The molecule has 4 nitrogen and oxygen atoms in total. The highest BCUT2D eigenvalue weighted by Gasteiger charge is 2.35. The second-order valence-corrected chi connectivity index (χ2v) is 8.80. The first-order valence-electron chi connectivity index (χ1n) is 10.7. The van der Waals surface area contributed by atoms with Crippen LogP contribution in [0.2, 0.25) is 0 Å². The van der Waals surface area contributed by atoms with E-state index in [-0.39, 0.29) is 18.3 Å². The Morgan fingerprint density at radius 2 is 1.87 bits per heavy atom. The van der Waals surface area contributed by atoms with Crippen LogP contribution in [0.15, 0.2) is 54.1 Å². The summed E-state index contributed by atoms with van der Waals surface area (Å²) in [4.78, 5) is 24.2. The van der Waals surface area contributed by atoms with Crippen molar-refractivity contribution in [3.05, 3.63) is 76.6 Å². The fourth-order valence-corrected chi connectivity index (χ4v) is 4.75. The maximum Gasteiger partial charge on any atom is 0.248 e. The van der Waals surface area contributed by atoms with Crippen molar-refractivity contribution in [3.63, 3.8) is 0 Å². The van der Waals surface area contributed by atoms with Crippen molar-refractivity contribution < 1.29 is 18.7 Å². The Labute approximate surface area is 180 Å². The molecule has 2 aromatic carbocycles. The number of hydrogen-bond acceptors (Lipinski definition) is 3. The van der Waals surface area contributed by atoms with E-state index in [4.69, 9.17) is 10.5 Å². The molecule has 1 amide bonds. The molecule has 1 aliphatic heterocycles. The van der Waals surface area contributed by atoms with Crippen LogP contribution < -0.4 is 5.73 Å². The molecule has 158 valence electrons. The number of ether oxygens (including phenoxy) is 1. The summed E-state index contributed by atoms with van der Waals surface area (Å²) in [6.07, 6.45) is 4.60. The van der Waals surface area contributed by atoms with E-state index >= 15 is 4.39 Å². The highest BCUT2D eigenvalue weighted by Crippen LogP contribution is 2.47. The summed E-state index contributed by atoms with van der Waals surface area (Å²) in [5, 5.41) is 0. The lowest BCUT2D eigenvalue weighted by molar-refractivity contribution is -0.115. The number of carbonyl (C=O) groups excluding carboxylic acids is 2. The largest absolute Gasteiger partial charge is 0.487 e. The average molecular weight is 417 g/mol. The summed E-state index contributed by atoms with van der Waals surface area (Å²) >= 11 is 0. The molecule has 0 saturated heterocycles. The van der Waals surface area contributed by atoms with Crippen molar-refractivity contribution in [1.82, 2.24) is 0 Å². The molecule has 2 N–H and O–H groups in total. The van der Waals surface area contributed by atoms with Gasteiger partial charge in [0.15, 0.2) is 5.78 Å². The highest BCUT2D eigenvalue weighted by molar-refractivity contribution is 6.07. The molecule has 31 heavy (non-hydrogen) atoms. The molecule has 3 aliphatic rings. The minimum Gasteiger partial charge on any atom is -0.487 e. The van der Waals surface area contributed by atoms with Gasteiger partial charge in [0.25, 0.3) is 0 Å². The Morgan fingerprint density at radius 1 is 1.13 bits per heavy atom. The van der Waals surface area contributed by atoms with Gasteiger partial charge in [0.2, 0.25) is 5.91 Å². The van der Waals surface area contributed by atoms with Crippen molar-refractivity contribution in [2.24, 2.45) is 11.7 Å². The van der Waals surface area contributed by atoms with Gasteiger partial charge in [0, 0.05) is 23.1 Å². The van der Waals surface area contributed by atoms with Crippen LogP contribution in [-0.4, -0.2) is 18.3 Å². The van der Waals surface area contributed by atoms with Crippen LogP contribution in [0.1, 0.15) is 59.5 Å². The van der Waals surface area contributed by atoms with E-state index in [9.17, 15) is 9.59 Å². The standard InChI is InChI=1S/C26H24FNO3/c1-14-13-31-25-21-12-22(27)20(16-4-6-17(7-5-16)26(28)30)11-19(21)18(10-15-2-3-15)8-9-23(29)24(14)25/h4-7,11-12,15,18H,1-3,8-10,13H2,(H2,28,30). The van der Waals surface area contributed by atoms with Gasteiger partial charge in [-0.05, 0) is 65.6 Å². The summed E-state index contributed by atoms with van der Waals surface area (Å²) in [5.41, 5.74) is 9.74. The summed E-state index contributed by atoms with van der Waals surface area (Å²) < 4.78 is 21.2. The Hall–Kier alpha value is -3.21. The van der Waals surface area contributed by atoms with E-state index < -0.39 is 11.7 Å². The van der Waals surface area contributed by atoms with Crippen molar-refractivity contribution in [2.75, 3.05) is 6.61 Å². The lowest BCUT2D eigenvalue weighted by Gasteiger charge is -2.25. The van der Waals surface area contributed by atoms with Crippen LogP contribution in [0.3, 0.4) is 0 Å². The first kappa shape index (κ1) is 19.7. The number of ketones is 1. The molecule has 5 rings (SSSR count). The number of nitrogens with two attached hydrogens (primary N) is 1. The van der Waals surface area contributed by atoms with E-state index in [0.29, 0.717) is 51.5 Å². The van der Waals surface area contributed by atoms with E-state index in [0.717, 1.165) is 18.4 Å². The third-order valence-electron chi connectivity index (χ3n) is 6.59. The molecule has 1 unspecified atom stereocenters. The smallest absolute Gasteiger partial charge is 0.248 e. The van der Waals surface area contributed by atoms with E-state index in [1.165, 1.54) is 18.9 Å². The fourth-order valence-electron chi connectivity index (χ4n) is 4.75. The number of carbonyl (C=O) groups is 2. The number of primary amides is 1. The van der Waals surface area contributed by atoms with Crippen LogP contribution in [-0.2, 0) is 9.53 Å². The second-order valence-electron chi connectivity index (χ2n) is 8.80. The van der Waals surface area contributed by atoms with Crippen LogP contribution in [0.25, 0.3) is 16.9 Å². The normalized spacial score (nSPS) is 20.6. The zero-order valence-corrected chi connectivity index (χ0v) is 17.2. The molecule has 0 aromatic heterocycles. The molecule has 5 heteroatoms. The van der Waals surface area contributed by atoms with Gasteiger partial charge in [-0.15, -0.1) is 0 Å². The molecule has 2 aliphatic carbocycles. The molecule has 0 bridgehead atoms. The van der Waals surface area contributed by atoms with Gasteiger partial charge in [0.1, 0.15) is 18.2 Å². The minimum absolute atomic E-state index is 0.0375. The maximum atomic E-state index is 15.3. The minimum atomic E-state index is -0.516. The third-order valence-corrected chi connectivity index (χ3v) is 6.59. The van der Waals surface area contributed by atoms with Crippen molar-refractivity contribution in [2.45, 2.75) is 38.0 Å². The molecular formula is C26H24FNO3. The van der Waals surface area contributed by atoms with Gasteiger partial charge in [-0.3, -0.25) is 9.59 Å². The van der Waals surface area contributed by atoms with Crippen LogP contribution in [0.5, 0.6) is 0 Å². The molecule has 0 radical (unpaired) electrons. The van der Waals surface area contributed by atoms with Crippen LogP contribution >= 0.6 is 0 Å². The topological polar surface area (TPSA) is 69.4 Å². The van der Waals surface area contributed by atoms with Crippen LogP contribution in [0.4, 0.5) is 4.39 Å². The zero-order chi connectivity index (χ0) is 21.7. The summed E-state index contributed by atoms with van der Waals surface area (Å²) in [5.74, 6) is 0.440. The number of hydrogen-bond donors (Lipinski definition) is 1. The van der Waals surface area contributed by atoms with Crippen molar-refractivity contribution in [1.29, 1.82) is 0 Å². The lowest BCUT2D eigenvalue weighted by atomic mass is 9.80. The SMILES string of the molecule is C=C1COC2=C1C(=O)CCC(CC1CC1)c1cc(-c3ccc(C(N)=O)cc3)c(F)cc12. The Bertz CT molecular complexity index is 1140. The number of Topliss-reactive ketones (excluding diaryl/α,β-unsaturated/α-hetero) is 1. The predicted octanol–water partition coefficient (Wildman–Crippen LogP) is 5.14. The lowest BCUT2D eigenvalue weighted by Crippen LogP contribution is -2.14. The van der Waals surface area contributed by atoms with Gasteiger partial charge in [0.05, 0.1) is 5.57 Å². The predicted molar refractivity (Wildman–Crippen MR) is 117 cm³/mol. The van der Waals surface area contributed by atoms with Gasteiger partial charge in [-0.1, -0.05) is 31.6 Å². The van der Waals surface area contributed by atoms with Gasteiger partial charge < -0.3 is 10.5 Å². The average Bonchev–Trinajstić information content (AvgIpc) is 3.49. The van der Waals surface area contributed by atoms with Crippen molar-refractivity contribution >= 4 is 17.4 Å². The monoisotopic (exact) mass is 417 g/mol. The molecule has 0 spiro atoms. The van der Waals surface area contributed by atoms with E-state index in [1.54, 1.807) is 24.3 Å². The molecular weight excluding hydrogens is 393 g/mol. The van der Waals surface area contributed by atoms with Gasteiger partial charge in [-0.2, -0.15) is 0 Å². The number of fused-ring (bicyclic) bond motifs is 2. The molecule has 1 atom stereocenters. The zero-order valence-electron chi connectivity index (χ0n) is 17.2. The fraction of sp³-hybridized carbons (Fsp3) is 0.308. The quantitative estimate of drug-likeness (QED) is 0.749. The van der Waals surface area contributed by atoms with E-state index in [1.807, 2.05) is 6.07 Å². The third kappa shape index (κ3) is 3.58. The van der Waals surface area contributed by atoms with E-state index in [2.05, 4.69) is 6.58 Å². The van der Waals surface area contributed by atoms with Gasteiger partial charge >= 0.3 is 0 Å². The number of benzene rings is 2. The molecule has 1 saturated carbocycles. The second kappa shape index (κ2) is 7.49. The summed E-state index contributed by atoms with van der Waals surface area (Å²) in [6, 6.07) is 10.1. The number of rotatable bonds is 4. The molecule has 2 aromatic rings. The maximum absolute atomic E-state index is 15.3. The summed E-state index contributed by atoms with van der Waals surface area (Å²) in [6.45, 7) is 4.25. The van der Waals surface area contributed by atoms with Crippen LogP contribution in [0, 0.1) is 11.7 Å². The Balaban J connectivity index is 1.67. The first-order chi connectivity index (χ1) is 14.9. The Kier molecular flexibility index (Phi) is 4.77. The highest BCUT2D eigenvalue weighted by atomic mass is 19.1. The Morgan fingerprint density at radius 3 is 2.55 bits per heavy atom. The number of amides is 1.